The van der Waals surface area contributed by atoms with E-state index in [1.54, 1.807) is 22.7 Å². The summed E-state index contributed by atoms with van der Waals surface area (Å²) in [6.45, 7) is 1.53. The molecule has 0 aromatic carbocycles. The second-order valence-corrected chi connectivity index (χ2v) is 6.22. The van der Waals surface area contributed by atoms with E-state index in [2.05, 4.69) is 42.7 Å². The van der Waals surface area contributed by atoms with Crippen molar-refractivity contribution in [1.29, 1.82) is 0 Å². The Kier molecular flexibility index (Phi) is 3.89. The van der Waals surface area contributed by atoms with E-state index in [-0.39, 0.29) is 5.95 Å². The van der Waals surface area contributed by atoms with Crippen LogP contribution in [0.1, 0.15) is 9.75 Å². The van der Waals surface area contributed by atoms with Crippen LogP contribution < -0.4 is 10.6 Å². The quantitative estimate of drug-likeness (QED) is 0.785. The third-order valence-corrected chi connectivity index (χ3v) is 4.44. The Morgan fingerprint density at radius 3 is 2.15 bits per heavy atom. The van der Waals surface area contributed by atoms with Crippen LogP contribution in [0.25, 0.3) is 0 Å². The van der Waals surface area contributed by atoms with E-state index in [4.69, 9.17) is 5.73 Å². The number of anilines is 2. The van der Waals surface area contributed by atoms with Gasteiger partial charge in [0.25, 0.3) is 0 Å². The maximum absolute atomic E-state index is 5.66. The van der Waals surface area contributed by atoms with Gasteiger partial charge in [-0.2, -0.15) is 4.98 Å². The summed E-state index contributed by atoms with van der Waals surface area (Å²) in [4.78, 5) is 16.9. The average Bonchev–Trinajstić information content (AvgIpc) is 3.11. The predicted octanol–water partition coefficient (Wildman–Crippen LogP) is 2.78. The lowest BCUT2D eigenvalue weighted by molar-refractivity contribution is 0.773. The fourth-order valence-electron chi connectivity index (χ4n) is 1.83. The molecule has 0 saturated heterocycles. The zero-order chi connectivity index (χ0) is 13.8. The fourth-order valence-corrected chi connectivity index (χ4v) is 3.27. The molecule has 0 unspecified atom stereocenters. The molecule has 0 amide bonds. The van der Waals surface area contributed by atoms with Gasteiger partial charge in [-0.05, 0) is 22.9 Å². The SMILES string of the molecule is Nc1ncnc(N(Cc2cccs2)Cc2cccs2)n1. The van der Waals surface area contributed by atoms with Gasteiger partial charge in [0, 0.05) is 9.75 Å². The Bertz CT molecular complexity index is 615. The van der Waals surface area contributed by atoms with E-state index < -0.39 is 0 Å². The van der Waals surface area contributed by atoms with E-state index >= 15 is 0 Å². The number of thiophene rings is 2. The number of rotatable bonds is 5. The Balaban J connectivity index is 1.86. The second kappa shape index (κ2) is 5.98. The molecule has 102 valence electrons. The highest BCUT2D eigenvalue weighted by atomic mass is 32.1. The van der Waals surface area contributed by atoms with E-state index in [0.29, 0.717) is 5.95 Å². The molecule has 0 aliphatic carbocycles. The molecule has 3 heterocycles. The lowest BCUT2D eigenvalue weighted by Gasteiger charge is -2.21. The Labute approximate surface area is 124 Å². The van der Waals surface area contributed by atoms with Crippen LogP contribution in [0.5, 0.6) is 0 Å². The molecule has 0 fully saturated rings. The fraction of sp³-hybridized carbons (Fsp3) is 0.154. The summed E-state index contributed by atoms with van der Waals surface area (Å²) in [5, 5.41) is 4.14. The first-order valence-electron chi connectivity index (χ1n) is 6.05. The van der Waals surface area contributed by atoms with Gasteiger partial charge in [0.15, 0.2) is 0 Å². The average molecular weight is 303 g/mol. The topological polar surface area (TPSA) is 67.9 Å². The van der Waals surface area contributed by atoms with Gasteiger partial charge in [0.1, 0.15) is 6.33 Å². The first kappa shape index (κ1) is 13.0. The molecule has 2 N–H and O–H groups in total. The second-order valence-electron chi connectivity index (χ2n) is 4.16. The van der Waals surface area contributed by atoms with Gasteiger partial charge < -0.3 is 10.6 Å². The van der Waals surface area contributed by atoms with Gasteiger partial charge in [0.05, 0.1) is 13.1 Å². The van der Waals surface area contributed by atoms with Gasteiger partial charge in [-0.3, -0.25) is 0 Å². The molecular weight excluding hydrogens is 290 g/mol. The Hall–Kier alpha value is -1.99. The van der Waals surface area contributed by atoms with E-state index in [1.165, 1.54) is 16.1 Å². The van der Waals surface area contributed by atoms with Crippen LogP contribution in [0.3, 0.4) is 0 Å². The van der Waals surface area contributed by atoms with E-state index in [9.17, 15) is 0 Å². The van der Waals surface area contributed by atoms with Crippen molar-refractivity contribution < 1.29 is 0 Å². The number of nitrogen functional groups attached to an aromatic ring is 1. The van der Waals surface area contributed by atoms with Gasteiger partial charge in [-0.1, -0.05) is 12.1 Å². The minimum atomic E-state index is 0.248. The van der Waals surface area contributed by atoms with Gasteiger partial charge in [-0.25, -0.2) is 9.97 Å². The zero-order valence-corrected chi connectivity index (χ0v) is 12.3. The number of nitrogens with two attached hydrogens (primary N) is 1. The van der Waals surface area contributed by atoms with Crippen molar-refractivity contribution in [3.8, 4) is 0 Å². The smallest absolute Gasteiger partial charge is 0.230 e. The van der Waals surface area contributed by atoms with Gasteiger partial charge >= 0.3 is 0 Å². The summed E-state index contributed by atoms with van der Waals surface area (Å²) in [7, 11) is 0. The van der Waals surface area contributed by atoms with Crippen LogP contribution in [0, 0.1) is 0 Å². The van der Waals surface area contributed by atoms with Crippen molar-refractivity contribution in [2.24, 2.45) is 0 Å². The third kappa shape index (κ3) is 3.12. The summed E-state index contributed by atoms with van der Waals surface area (Å²) in [5.41, 5.74) is 5.66. The first-order valence-corrected chi connectivity index (χ1v) is 7.81. The summed E-state index contributed by atoms with van der Waals surface area (Å²) in [6.07, 6.45) is 1.45. The molecule has 0 radical (unpaired) electrons. The van der Waals surface area contributed by atoms with Crippen LogP contribution >= 0.6 is 22.7 Å². The van der Waals surface area contributed by atoms with Crippen LogP contribution in [0.2, 0.25) is 0 Å². The maximum Gasteiger partial charge on any atom is 0.230 e. The molecule has 3 rings (SSSR count). The van der Waals surface area contributed by atoms with Crippen LogP contribution in [0.15, 0.2) is 41.4 Å². The highest BCUT2D eigenvalue weighted by molar-refractivity contribution is 7.10. The molecule has 0 spiro atoms. The lowest BCUT2D eigenvalue weighted by atomic mass is 10.4. The molecule has 7 heteroatoms. The van der Waals surface area contributed by atoms with Crippen molar-refractivity contribution in [1.82, 2.24) is 15.0 Å². The number of hydrogen-bond donors (Lipinski definition) is 1. The monoisotopic (exact) mass is 303 g/mol. The molecule has 0 bridgehead atoms. The summed E-state index contributed by atoms with van der Waals surface area (Å²) in [6, 6.07) is 8.31. The standard InChI is InChI=1S/C13H13N5S2/c14-12-15-9-16-13(17-12)18(7-10-3-1-5-19-10)8-11-4-2-6-20-11/h1-6,9H,7-8H2,(H2,14,15,16,17). The zero-order valence-electron chi connectivity index (χ0n) is 10.6. The number of hydrogen-bond acceptors (Lipinski definition) is 7. The van der Waals surface area contributed by atoms with Gasteiger partial charge in [-0.15, -0.1) is 22.7 Å². The predicted molar refractivity (Wildman–Crippen MR) is 82.8 cm³/mol. The largest absolute Gasteiger partial charge is 0.368 e. The van der Waals surface area contributed by atoms with E-state index in [0.717, 1.165) is 13.1 Å². The summed E-state index contributed by atoms with van der Waals surface area (Å²) < 4.78 is 0. The number of aromatic nitrogens is 3. The van der Waals surface area contributed by atoms with Crippen molar-refractivity contribution in [3.05, 3.63) is 51.1 Å². The molecule has 5 nitrogen and oxygen atoms in total. The van der Waals surface area contributed by atoms with Crippen molar-refractivity contribution >= 4 is 34.6 Å². The molecule has 0 atom stereocenters. The molecule has 0 aliphatic heterocycles. The Morgan fingerprint density at radius 2 is 1.65 bits per heavy atom. The molecule has 3 aromatic rings. The minimum Gasteiger partial charge on any atom is -0.368 e. The Morgan fingerprint density at radius 1 is 1.00 bits per heavy atom. The molecule has 3 aromatic heterocycles. The number of nitrogens with zero attached hydrogens (tertiary/aromatic N) is 4. The van der Waals surface area contributed by atoms with Crippen molar-refractivity contribution in [2.45, 2.75) is 13.1 Å². The maximum atomic E-state index is 5.66. The molecular formula is C13H13N5S2. The summed E-state index contributed by atoms with van der Waals surface area (Å²) >= 11 is 3.44. The lowest BCUT2D eigenvalue weighted by Crippen LogP contribution is -2.23. The molecule has 0 aliphatic rings. The van der Waals surface area contributed by atoms with Crippen molar-refractivity contribution in [3.63, 3.8) is 0 Å². The van der Waals surface area contributed by atoms with Gasteiger partial charge in [0.2, 0.25) is 11.9 Å². The van der Waals surface area contributed by atoms with E-state index in [1.807, 2.05) is 12.1 Å². The van der Waals surface area contributed by atoms with Crippen LogP contribution in [-0.4, -0.2) is 15.0 Å². The van der Waals surface area contributed by atoms with Crippen LogP contribution in [-0.2, 0) is 13.1 Å². The van der Waals surface area contributed by atoms with Crippen LogP contribution in [0.4, 0.5) is 11.9 Å². The van der Waals surface area contributed by atoms with Crippen molar-refractivity contribution in [2.75, 3.05) is 10.6 Å². The highest BCUT2D eigenvalue weighted by Crippen LogP contribution is 2.20. The summed E-state index contributed by atoms with van der Waals surface area (Å²) in [5.74, 6) is 0.858. The normalized spacial score (nSPS) is 10.6. The minimum absolute atomic E-state index is 0.248. The first-order chi connectivity index (χ1) is 9.81. The molecule has 20 heavy (non-hydrogen) atoms. The molecule has 0 saturated carbocycles. The highest BCUT2D eigenvalue weighted by Gasteiger charge is 2.13. The third-order valence-electron chi connectivity index (χ3n) is 2.71.